The quantitative estimate of drug-likeness (QED) is 0.180. The van der Waals surface area contributed by atoms with Crippen LogP contribution in [0.15, 0.2) is 199 Å². The van der Waals surface area contributed by atoms with E-state index >= 15 is 0 Å². The van der Waals surface area contributed by atoms with E-state index < -0.39 is 5.41 Å². The number of rotatable bonds is 4. The number of benzene rings is 6. The Balaban J connectivity index is 1.15. The van der Waals surface area contributed by atoms with Crippen molar-refractivity contribution in [1.82, 2.24) is 15.0 Å². The molecule has 3 aliphatic carbocycles. The Hall–Kier alpha value is -7.11. The predicted octanol–water partition coefficient (Wildman–Crippen LogP) is 11.9. The molecule has 5 heteroatoms. The van der Waals surface area contributed by atoms with Gasteiger partial charge in [-0.05, 0) is 82.1 Å². The number of anilines is 4. The number of hydrogen-bond donors (Lipinski definition) is 0. The molecule has 7 aromatic rings. The number of fused-ring (bicyclic) bond motifs is 12. The summed E-state index contributed by atoms with van der Waals surface area (Å²) in [4.78, 5) is 20.6. The van der Waals surface area contributed by atoms with Crippen LogP contribution in [-0.2, 0) is 5.41 Å². The van der Waals surface area contributed by atoms with Crippen molar-refractivity contribution in [3.8, 4) is 22.5 Å². The molecule has 6 aromatic carbocycles. The highest BCUT2D eigenvalue weighted by Gasteiger charge is 2.56. The molecule has 5 nitrogen and oxygen atoms in total. The molecule has 0 bridgehead atoms. The summed E-state index contributed by atoms with van der Waals surface area (Å²) in [7, 11) is 0. The minimum absolute atomic E-state index is 0.0366. The number of nitrogens with zero attached hydrogens (tertiary/aromatic N) is 5. The standard InChI is InChI=1S/C52H37N5/c1-4-18-34(19-5-1)49-53-50(35-20-6-2-7-21-35)55-51(54-49)57-45-30-16-12-26-39(45)40-32-48-44(33-47(40)57)52(41-27-13-10-24-37(41)38-25-11-14-28-42(38)52)43-29-15-17-31-46(43)56(48)36-22-8-3-9-23-36/h1,3-6,8-33,40,47H,2,7H2. The molecule has 0 saturated carbocycles. The van der Waals surface area contributed by atoms with Gasteiger partial charge in [0, 0.05) is 34.1 Å². The van der Waals surface area contributed by atoms with Crippen LogP contribution in [0.1, 0.15) is 46.8 Å². The van der Waals surface area contributed by atoms with Gasteiger partial charge >= 0.3 is 0 Å². The summed E-state index contributed by atoms with van der Waals surface area (Å²) in [5.41, 5.74) is 15.1. The minimum atomic E-state index is -0.552. The van der Waals surface area contributed by atoms with Gasteiger partial charge in [0.2, 0.25) is 5.95 Å². The van der Waals surface area contributed by atoms with E-state index in [1.54, 1.807) is 0 Å². The van der Waals surface area contributed by atoms with E-state index in [1.807, 2.05) is 18.2 Å². The maximum absolute atomic E-state index is 5.34. The first-order chi connectivity index (χ1) is 28.3. The molecule has 5 aliphatic rings. The molecule has 0 radical (unpaired) electrons. The lowest BCUT2D eigenvalue weighted by molar-refractivity contribution is 0.655. The zero-order valence-electron chi connectivity index (χ0n) is 31.2. The summed E-state index contributed by atoms with van der Waals surface area (Å²) in [6.45, 7) is 0. The fraction of sp³-hybridized carbons (Fsp3) is 0.0962. The molecule has 12 rings (SSSR count). The van der Waals surface area contributed by atoms with Crippen molar-refractivity contribution in [2.45, 2.75) is 30.2 Å². The molecule has 2 atom stereocenters. The Bertz CT molecular complexity index is 2840. The maximum Gasteiger partial charge on any atom is 0.234 e. The first kappa shape index (κ1) is 32.2. The van der Waals surface area contributed by atoms with E-state index in [1.165, 1.54) is 50.3 Å². The second-order valence-electron chi connectivity index (χ2n) is 15.4. The summed E-state index contributed by atoms with van der Waals surface area (Å²) in [5.74, 6) is 2.07. The Morgan fingerprint density at radius 1 is 0.544 bits per heavy atom. The number of aromatic nitrogens is 3. The van der Waals surface area contributed by atoms with Gasteiger partial charge in [-0.2, -0.15) is 9.97 Å². The lowest BCUT2D eigenvalue weighted by atomic mass is 9.61. The molecule has 270 valence electrons. The maximum atomic E-state index is 5.34. The molecule has 0 N–H and O–H groups in total. The van der Waals surface area contributed by atoms with Crippen LogP contribution in [0.5, 0.6) is 0 Å². The third-order valence-electron chi connectivity index (χ3n) is 12.5. The van der Waals surface area contributed by atoms with Crippen molar-refractivity contribution in [2.75, 3.05) is 9.80 Å². The summed E-state index contributed by atoms with van der Waals surface area (Å²) < 4.78 is 0. The molecule has 2 unspecified atom stereocenters. The monoisotopic (exact) mass is 731 g/mol. The Kier molecular flexibility index (Phi) is 7.03. The van der Waals surface area contributed by atoms with Gasteiger partial charge in [-0.3, -0.25) is 0 Å². The number of hydrogen-bond acceptors (Lipinski definition) is 5. The van der Waals surface area contributed by atoms with Crippen LogP contribution in [-0.4, -0.2) is 21.0 Å². The SMILES string of the molecule is C1=CC(c2nc(-c3ccccc3)nc(N3c4ccccc4C4C=C5C(=CC43)C3(c4ccccc4-c4ccccc43)c3ccccc3N5c3ccccc3)n2)=CCC1. The van der Waals surface area contributed by atoms with Crippen molar-refractivity contribution in [1.29, 1.82) is 0 Å². The molecule has 0 fully saturated rings. The predicted molar refractivity (Wildman–Crippen MR) is 230 cm³/mol. The van der Waals surface area contributed by atoms with Crippen LogP contribution < -0.4 is 9.80 Å². The van der Waals surface area contributed by atoms with Gasteiger partial charge in [-0.25, -0.2) is 4.98 Å². The summed E-state index contributed by atoms with van der Waals surface area (Å²) >= 11 is 0. The van der Waals surface area contributed by atoms with Crippen LogP contribution >= 0.6 is 0 Å². The van der Waals surface area contributed by atoms with Crippen molar-refractivity contribution < 1.29 is 0 Å². The highest BCUT2D eigenvalue weighted by atomic mass is 15.3. The zero-order valence-corrected chi connectivity index (χ0v) is 31.2. The van der Waals surface area contributed by atoms with Crippen LogP contribution in [0, 0.1) is 0 Å². The third-order valence-corrected chi connectivity index (χ3v) is 12.5. The normalized spacial score (nSPS) is 19.1. The highest BCUT2D eigenvalue weighted by Crippen LogP contribution is 2.65. The van der Waals surface area contributed by atoms with E-state index in [-0.39, 0.29) is 12.0 Å². The molecule has 0 amide bonds. The minimum Gasteiger partial charge on any atom is -0.310 e. The van der Waals surface area contributed by atoms with Crippen LogP contribution in [0.2, 0.25) is 0 Å². The van der Waals surface area contributed by atoms with Crippen LogP contribution in [0.3, 0.4) is 0 Å². The highest BCUT2D eigenvalue weighted by molar-refractivity contribution is 5.94. The van der Waals surface area contributed by atoms with Crippen molar-refractivity contribution in [3.63, 3.8) is 0 Å². The van der Waals surface area contributed by atoms with E-state index in [0.29, 0.717) is 17.6 Å². The van der Waals surface area contributed by atoms with Crippen molar-refractivity contribution in [3.05, 3.63) is 227 Å². The largest absolute Gasteiger partial charge is 0.310 e. The van der Waals surface area contributed by atoms with Gasteiger partial charge in [0.1, 0.15) is 0 Å². The Morgan fingerprint density at radius 2 is 1.18 bits per heavy atom. The van der Waals surface area contributed by atoms with Gasteiger partial charge in [0.25, 0.3) is 0 Å². The van der Waals surface area contributed by atoms with Crippen LogP contribution in [0.4, 0.5) is 23.0 Å². The second-order valence-corrected chi connectivity index (χ2v) is 15.4. The van der Waals surface area contributed by atoms with Crippen molar-refractivity contribution in [2.24, 2.45) is 0 Å². The smallest absolute Gasteiger partial charge is 0.234 e. The van der Waals surface area contributed by atoms with Crippen molar-refractivity contribution >= 4 is 28.6 Å². The molecule has 1 aromatic heterocycles. The summed E-state index contributed by atoms with van der Waals surface area (Å²) in [5, 5.41) is 0. The van der Waals surface area contributed by atoms with E-state index in [9.17, 15) is 0 Å². The average Bonchev–Trinajstić information content (AvgIpc) is 3.77. The van der Waals surface area contributed by atoms with E-state index in [4.69, 9.17) is 15.0 Å². The Labute approximate surface area is 332 Å². The lowest BCUT2D eigenvalue weighted by Crippen LogP contribution is -2.44. The fourth-order valence-electron chi connectivity index (χ4n) is 10.2. The first-order valence-corrected chi connectivity index (χ1v) is 19.9. The molecular weight excluding hydrogens is 695 g/mol. The molecule has 1 spiro atoms. The second kappa shape index (κ2) is 12.5. The fourth-order valence-corrected chi connectivity index (χ4v) is 10.2. The summed E-state index contributed by atoms with van der Waals surface area (Å²) in [6.07, 6.45) is 13.7. The van der Waals surface area contributed by atoms with Gasteiger partial charge in [0.05, 0.1) is 17.1 Å². The molecule has 3 heterocycles. The molecule has 2 aliphatic heterocycles. The van der Waals surface area contributed by atoms with Gasteiger partial charge in [-0.15, -0.1) is 0 Å². The molecular formula is C52H37N5. The molecule has 0 saturated heterocycles. The van der Waals surface area contributed by atoms with E-state index in [0.717, 1.165) is 35.4 Å². The first-order valence-electron chi connectivity index (χ1n) is 19.9. The number of para-hydroxylation sites is 3. The molecule has 57 heavy (non-hydrogen) atoms. The van der Waals surface area contributed by atoms with Crippen LogP contribution in [0.25, 0.3) is 28.1 Å². The third kappa shape index (κ3) is 4.60. The van der Waals surface area contributed by atoms with Gasteiger partial charge in [-0.1, -0.05) is 158 Å². The topological polar surface area (TPSA) is 45.2 Å². The number of allylic oxidation sites excluding steroid dienone is 5. The van der Waals surface area contributed by atoms with Gasteiger partial charge < -0.3 is 9.80 Å². The lowest BCUT2D eigenvalue weighted by Gasteiger charge is -2.49. The van der Waals surface area contributed by atoms with E-state index in [2.05, 4.69) is 180 Å². The van der Waals surface area contributed by atoms with Gasteiger partial charge in [0.15, 0.2) is 11.6 Å². The summed E-state index contributed by atoms with van der Waals surface area (Å²) in [6, 6.07) is 57.0. The zero-order chi connectivity index (χ0) is 37.5. The Morgan fingerprint density at radius 3 is 1.91 bits per heavy atom. The average molecular weight is 732 g/mol.